The summed E-state index contributed by atoms with van der Waals surface area (Å²) in [5.41, 5.74) is -1.79. The molecule has 0 aromatic heterocycles. The van der Waals surface area contributed by atoms with E-state index in [1.54, 1.807) is 0 Å². The molecular formula is C7H12O5S. The molecule has 6 heteroatoms. The normalized spacial score (nSPS) is 14.7. The molecule has 5 nitrogen and oxygen atoms in total. The average molecular weight is 208 g/mol. The highest BCUT2D eigenvalue weighted by Crippen LogP contribution is 2.13. The summed E-state index contributed by atoms with van der Waals surface area (Å²) in [5, 5.41) is 17.7. The predicted molar refractivity (Wildman–Crippen MR) is 47.6 cm³/mol. The fraction of sp³-hybridized carbons (Fsp3) is 0.714. The van der Waals surface area contributed by atoms with Gasteiger partial charge in [0.25, 0.3) is 0 Å². The Hall–Kier alpha value is -0.750. The highest BCUT2D eigenvalue weighted by atomic mass is 32.2. The molecule has 0 rings (SSSR count). The number of rotatable bonds is 5. The predicted octanol–water partition coefficient (Wildman–Crippen LogP) is -0.272. The van der Waals surface area contributed by atoms with Crippen molar-refractivity contribution in [2.75, 3.05) is 18.6 Å². The van der Waals surface area contributed by atoms with Crippen molar-refractivity contribution < 1.29 is 24.5 Å². The second kappa shape index (κ2) is 5.08. The minimum absolute atomic E-state index is 0.0416. The number of carbonyl (C=O) groups excluding carboxylic acids is 1. The summed E-state index contributed by atoms with van der Waals surface area (Å²) in [4.78, 5) is 21.0. The van der Waals surface area contributed by atoms with Crippen LogP contribution >= 0.6 is 11.8 Å². The summed E-state index contributed by atoms with van der Waals surface area (Å²) in [7, 11) is 1.25. The Morgan fingerprint density at radius 1 is 1.54 bits per heavy atom. The maximum atomic E-state index is 10.6. The van der Waals surface area contributed by atoms with Crippen LogP contribution in [-0.2, 0) is 14.3 Å². The molecule has 1 atom stereocenters. The van der Waals surface area contributed by atoms with Gasteiger partial charge in [0.2, 0.25) is 0 Å². The molecule has 13 heavy (non-hydrogen) atoms. The van der Waals surface area contributed by atoms with Gasteiger partial charge in [-0.25, -0.2) is 4.79 Å². The van der Waals surface area contributed by atoms with E-state index in [4.69, 9.17) is 5.11 Å². The highest BCUT2D eigenvalue weighted by Gasteiger charge is 2.29. The van der Waals surface area contributed by atoms with E-state index in [0.717, 1.165) is 11.8 Å². The molecule has 0 saturated carbocycles. The Morgan fingerprint density at radius 2 is 2.08 bits per heavy atom. The standard InChI is InChI=1S/C7H12O5S/c1-7(11,6(9)10)4-13-3-5(8)12-2/h11H,3-4H2,1-2H3,(H,9,10). The number of thioether (sulfide) groups is 1. The number of hydrogen-bond acceptors (Lipinski definition) is 5. The first kappa shape index (κ1) is 12.2. The van der Waals surface area contributed by atoms with Crippen molar-refractivity contribution in [3.05, 3.63) is 0 Å². The van der Waals surface area contributed by atoms with E-state index in [2.05, 4.69) is 4.74 Å². The molecule has 0 aliphatic heterocycles. The van der Waals surface area contributed by atoms with Crippen molar-refractivity contribution in [3.63, 3.8) is 0 Å². The lowest BCUT2D eigenvalue weighted by Gasteiger charge is -2.16. The Bertz CT molecular complexity index is 201. The number of carbonyl (C=O) groups is 2. The van der Waals surface area contributed by atoms with Gasteiger partial charge in [-0.05, 0) is 6.92 Å². The van der Waals surface area contributed by atoms with E-state index in [0.29, 0.717) is 0 Å². The number of carboxylic acid groups (broad SMARTS) is 1. The van der Waals surface area contributed by atoms with Crippen LogP contribution in [-0.4, -0.2) is 46.4 Å². The van der Waals surface area contributed by atoms with E-state index in [1.807, 2.05) is 0 Å². The average Bonchev–Trinajstić information content (AvgIpc) is 2.03. The largest absolute Gasteiger partial charge is 0.479 e. The zero-order valence-electron chi connectivity index (χ0n) is 7.44. The number of aliphatic hydroxyl groups is 1. The third kappa shape index (κ3) is 4.74. The van der Waals surface area contributed by atoms with Crippen LogP contribution in [0.4, 0.5) is 0 Å². The summed E-state index contributed by atoms with van der Waals surface area (Å²) >= 11 is 1.02. The molecule has 0 aromatic carbocycles. The van der Waals surface area contributed by atoms with Gasteiger partial charge in [-0.15, -0.1) is 11.8 Å². The van der Waals surface area contributed by atoms with Gasteiger partial charge in [0.05, 0.1) is 12.9 Å². The molecule has 0 spiro atoms. The maximum absolute atomic E-state index is 10.6. The van der Waals surface area contributed by atoms with Gasteiger partial charge in [-0.3, -0.25) is 4.79 Å². The molecule has 0 radical (unpaired) electrons. The lowest BCUT2D eigenvalue weighted by atomic mass is 10.1. The molecule has 0 aliphatic rings. The minimum atomic E-state index is -1.79. The van der Waals surface area contributed by atoms with Crippen LogP contribution < -0.4 is 0 Å². The van der Waals surface area contributed by atoms with Crippen LogP contribution in [0, 0.1) is 0 Å². The van der Waals surface area contributed by atoms with E-state index in [-0.39, 0.29) is 11.5 Å². The Kier molecular flexibility index (Phi) is 4.79. The smallest absolute Gasteiger partial charge is 0.336 e. The number of hydrogen-bond donors (Lipinski definition) is 2. The van der Waals surface area contributed by atoms with E-state index in [1.165, 1.54) is 14.0 Å². The molecule has 76 valence electrons. The van der Waals surface area contributed by atoms with Gasteiger partial charge < -0.3 is 14.9 Å². The SMILES string of the molecule is COC(=O)CSCC(C)(O)C(=O)O. The Balaban J connectivity index is 3.76. The Labute approximate surface area is 80.1 Å². The number of methoxy groups -OCH3 is 1. The van der Waals surface area contributed by atoms with Crippen molar-refractivity contribution in [2.45, 2.75) is 12.5 Å². The van der Waals surface area contributed by atoms with Gasteiger partial charge >= 0.3 is 11.9 Å². The van der Waals surface area contributed by atoms with Crippen molar-refractivity contribution >= 4 is 23.7 Å². The number of aliphatic carboxylic acids is 1. The molecule has 0 saturated heterocycles. The van der Waals surface area contributed by atoms with Gasteiger partial charge in [-0.2, -0.15) is 0 Å². The van der Waals surface area contributed by atoms with Crippen LogP contribution in [0.2, 0.25) is 0 Å². The topological polar surface area (TPSA) is 83.8 Å². The molecule has 0 aliphatic carbocycles. The van der Waals surface area contributed by atoms with E-state index in [9.17, 15) is 14.7 Å². The molecule has 2 N–H and O–H groups in total. The van der Waals surface area contributed by atoms with Crippen molar-refractivity contribution in [1.82, 2.24) is 0 Å². The Morgan fingerprint density at radius 3 is 2.46 bits per heavy atom. The lowest BCUT2D eigenvalue weighted by Crippen LogP contribution is -2.37. The fourth-order valence-corrected chi connectivity index (χ4v) is 1.36. The molecule has 0 fully saturated rings. The molecular weight excluding hydrogens is 196 g/mol. The number of esters is 1. The van der Waals surface area contributed by atoms with Gasteiger partial charge in [0.15, 0.2) is 5.60 Å². The first-order chi connectivity index (χ1) is 5.90. The number of carboxylic acids is 1. The summed E-state index contributed by atoms with van der Waals surface area (Å²) in [5.74, 6) is -1.74. The third-order valence-electron chi connectivity index (χ3n) is 1.29. The summed E-state index contributed by atoms with van der Waals surface area (Å²) in [6.45, 7) is 1.18. The summed E-state index contributed by atoms with van der Waals surface area (Å²) in [6.07, 6.45) is 0. The second-order valence-corrected chi connectivity index (χ2v) is 3.63. The lowest BCUT2D eigenvalue weighted by molar-refractivity contribution is -0.154. The van der Waals surface area contributed by atoms with Crippen LogP contribution in [0.25, 0.3) is 0 Å². The summed E-state index contributed by atoms with van der Waals surface area (Å²) < 4.78 is 4.34. The minimum Gasteiger partial charge on any atom is -0.479 e. The van der Waals surface area contributed by atoms with Gasteiger partial charge in [0, 0.05) is 5.75 Å². The molecule has 0 heterocycles. The van der Waals surface area contributed by atoms with Crippen LogP contribution in [0.3, 0.4) is 0 Å². The maximum Gasteiger partial charge on any atom is 0.336 e. The molecule has 0 amide bonds. The first-order valence-corrected chi connectivity index (χ1v) is 4.66. The monoisotopic (exact) mass is 208 g/mol. The molecule has 0 aromatic rings. The van der Waals surface area contributed by atoms with Gasteiger partial charge in [-0.1, -0.05) is 0 Å². The van der Waals surface area contributed by atoms with E-state index >= 15 is 0 Å². The summed E-state index contributed by atoms with van der Waals surface area (Å²) in [6, 6.07) is 0. The van der Waals surface area contributed by atoms with E-state index < -0.39 is 17.5 Å². The first-order valence-electron chi connectivity index (χ1n) is 3.50. The van der Waals surface area contributed by atoms with Crippen molar-refractivity contribution in [2.24, 2.45) is 0 Å². The zero-order valence-corrected chi connectivity index (χ0v) is 8.26. The fourth-order valence-electron chi connectivity index (χ4n) is 0.454. The number of ether oxygens (including phenoxy) is 1. The van der Waals surface area contributed by atoms with Crippen molar-refractivity contribution in [1.29, 1.82) is 0 Å². The molecule has 0 bridgehead atoms. The van der Waals surface area contributed by atoms with Crippen molar-refractivity contribution in [3.8, 4) is 0 Å². The van der Waals surface area contributed by atoms with Crippen LogP contribution in [0.1, 0.15) is 6.92 Å². The molecule has 1 unspecified atom stereocenters. The highest BCUT2D eigenvalue weighted by molar-refractivity contribution is 8.00. The van der Waals surface area contributed by atoms with Gasteiger partial charge in [0.1, 0.15) is 0 Å². The third-order valence-corrected chi connectivity index (χ3v) is 2.50. The zero-order chi connectivity index (χ0) is 10.5. The quantitative estimate of drug-likeness (QED) is 0.605. The van der Waals surface area contributed by atoms with Crippen LogP contribution in [0.5, 0.6) is 0 Å². The van der Waals surface area contributed by atoms with Crippen LogP contribution in [0.15, 0.2) is 0 Å². The second-order valence-electron chi connectivity index (χ2n) is 2.65.